The van der Waals surface area contributed by atoms with Gasteiger partial charge in [-0.05, 0) is 46.6 Å². The van der Waals surface area contributed by atoms with Crippen LogP contribution in [0.5, 0.6) is 0 Å². The van der Waals surface area contributed by atoms with Crippen LogP contribution in [0.15, 0.2) is 44.4 Å². The molecule has 2 heterocycles. The lowest BCUT2D eigenvalue weighted by Crippen LogP contribution is -2.18. The van der Waals surface area contributed by atoms with Gasteiger partial charge in [-0.2, -0.15) is 0 Å². The number of sulfonamides is 1. The fourth-order valence-corrected chi connectivity index (χ4v) is 5.14. The number of benzene rings is 1. The van der Waals surface area contributed by atoms with Crippen molar-refractivity contribution in [1.82, 2.24) is 0 Å². The Labute approximate surface area is 141 Å². The summed E-state index contributed by atoms with van der Waals surface area (Å²) in [5, 5.41) is 0. The number of nitrogens with one attached hydrogen (secondary N) is 1. The summed E-state index contributed by atoms with van der Waals surface area (Å²) >= 11 is 4.43. The average molecular weight is 404 g/mol. The van der Waals surface area contributed by atoms with Crippen molar-refractivity contribution in [2.75, 3.05) is 17.9 Å². The van der Waals surface area contributed by atoms with Crippen LogP contribution in [0.1, 0.15) is 18.3 Å². The van der Waals surface area contributed by atoms with Gasteiger partial charge in [0.25, 0.3) is 10.0 Å². The maximum atomic E-state index is 12.3. The standard InChI is InChI=1S/C14H14BrNO4S2/c15-12-5-6-13(21-12)22(17,18)16-11-4-1-3-10(9-11)14-19-7-2-8-20-14/h1,3-6,9,14,16H,2,7-8H2. The summed E-state index contributed by atoms with van der Waals surface area (Å²) in [6, 6.07) is 10.3. The number of anilines is 1. The van der Waals surface area contributed by atoms with Crippen molar-refractivity contribution in [3.8, 4) is 0 Å². The Morgan fingerprint density at radius 3 is 2.64 bits per heavy atom. The Hall–Kier alpha value is -0.930. The second kappa shape index (κ2) is 6.67. The second-order valence-electron chi connectivity index (χ2n) is 4.72. The van der Waals surface area contributed by atoms with Crippen LogP contribution >= 0.6 is 27.3 Å². The van der Waals surface area contributed by atoms with Crippen LogP contribution in [0.4, 0.5) is 5.69 Å². The molecule has 0 amide bonds. The zero-order chi connectivity index (χ0) is 15.6. The monoisotopic (exact) mass is 403 g/mol. The molecule has 0 atom stereocenters. The number of ether oxygens (including phenoxy) is 2. The first-order chi connectivity index (χ1) is 10.5. The summed E-state index contributed by atoms with van der Waals surface area (Å²) in [4.78, 5) is 0. The molecule has 0 saturated carbocycles. The molecule has 3 rings (SSSR count). The van der Waals surface area contributed by atoms with Gasteiger partial charge in [0.1, 0.15) is 4.21 Å². The minimum Gasteiger partial charge on any atom is -0.348 e. The molecule has 118 valence electrons. The van der Waals surface area contributed by atoms with Crippen molar-refractivity contribution in [1.29, 1.82) is 0 Å². The first-order valence-corrected chi connectivity index (χ1v) is 9.75. The molecule has 1 saturated heterocycles. The van der Waals surface area contributed by atoms with E-state index in [1.807, 2.05) is 6.07 Å². The van der Waals surface area contributed by atoms with Crippen LogP contribution in [0.25, 0.3) is 0 Å². The van der Waals surface area contributed by atoms with Gasteiger partial charge in [-0.15, -0.1) is 11.3 Å². The third-order valence-corrected chi connectivity index (χ3v) is 6.55. The zero-order valence-corrected chi connectivity index (χ0v) is 14.7. The highest BCUT2D eigenvalue weighted by molar-refractivity contribution is 9.11. The van der Waals surface area contributed by atoms with Gasteiger partial charge >= 0.3 is 0 Å². The van der Waals surface area contributed by atoms with Gasteiger partial charge in [0.2, 0.25) is 0 Å². The number of thiophene rings is 1. The summed E-state index contributed by atoms with van der Waals surface area (Å²) in [5.41, 5.74) is 1.28. The number of rotatable bonds is 4. The van der Waals surface area contributed by atoms with Crippen molar-refractivity contribution in [3.05, 3.63) is 45.7 Å². The maximum Gasteiger partial charge on any atom is 0.271 e. The highest BCUT2D eigenvalue weighted by atomic mass is 79.9. The maximum absolute atomic E-state index is 12.3. The van der Waals surface area contributed by atoms with E-state index in [4.69, 9.17) is 9.47 Å². The second-order valence-corrected chi connectivity index (χ2v) is 9.09. The van der Waals surface area contributed by atoms with E-state index in [2.05, 4.69) is 20.7 Å². The number of hydrogen-bond acceptors (Lipinski definition) is 5. The molecule has 1 fully saturated rings. The quantitative estimate of drug-likeness (QED) is 0.843. The smallest absolute Gasteiger partial charge is 0.271 e. The normalized spacial score (nSPS) is 16.6. The Morgan fingerprint density at radius 2 is 1.95 bits per heavy atom. The van der Waals surface area contributed by atoms with E-state index in [0.717, 1.165) is 27.1 Å². The predicted molar refractivity (Wildman–Crippen MR) is 88.5 cm³/mol. The molecule has 0 bridgehead atoms. The average Bonchev–Trinajstić information content (AvgIpc) is 2.96. The van der Waals surface area contributed by atoms with Crippen LogP contribution < -0.4 is 4.72 Å². The minimum absolute atomic E-state index is 0.259. The van der Waals surface area contributed by atoms with Crippen LogP contribution in [0.3, 0.4) is 0 Å². The molecule has 1 aromatic heterocycles. The summed E-state index contributed by atoms with van der Waals surface area (Å²) in [5.74, 6) is 0. The summed E-state index contributed by atoms with van der Waals surface area (Å²) in [6.07, 6.45) is 0.435. The molecule has 1 aliphatic heterocycles. The van der Waals surface area contributed by atoms with Crippen LogP contribution in [0, 0.1) is 0 Å². The Kier molecular flexibility index (Phi) is 4.84. The third kappa shape index (κ3) is 3.69. The molecular weight excluding hydrogens is 390 g/mol. The van der Waals surface area contributed by atoms with Crippen molar-refractivity contribution in [2.45, 2.75) is 16.9 Å². The van der Waals surface area contributed by atoms with Crippen molar-refractivity contribution in [2.24, 2.45) is 0 Å². The Bertz CT molecular complexity index is 754. The van der Waals surface area contributed by atoms with Crippen molar-refractivity contribution < 1.29 is 17.9 Å². The minimum atomic E-state index is -3.58. The van der Waals surface area contributed by atoms with Gasteiger partial charge in [0.05, 0.1) is 17.0 Å². The third-order valence-electron chi connectivity index (χ3n) is 3.05. The summed E-state index contributed by atoms with van der Waals surface area (Å²) < 4.78 is 39.3. The fourth-order valence-electron chi connectivity index (χ4n) is 2.08. The van der Waals surface area contributed by atoms with Gasteiger partial charge in [-0.3, -0.25) is 4.72 Å². The van der Waals surface area contributed by atoms with Gasteiger partial charge in [-0.1, -0.05) is 12.1 Å². The molecule has 0 unspecified atom stereocenters. The molecule has 0 aliphatic carbocycles. The lowest BCUT2D eigenvalue weighted by atomic mass is 10.2. The summed E-state index contributed by atoms with van der Waals surface area (Å²) in [7, 11) is -3.58. The molecule has 2 aromatic rings. The van der Waals surface area contributed by atoms with Gasteiger partial charge in [0.15, 0.2) is 6.29 Å². The number of halogens is 1. The zero-order valence-electron chi connectivity index (χ0n) is 11.5. The largest absolute Gasteiger partial charge is 0.348 e. The van der Waals surface area contributed by atoms with E-state index < -0.39 is 16.3 Å². The van der Waals surface area contributed by atoms with E-state index in [9.17, 15) is 8.42 Å². The molecule has 5 nitrogen and oxygen atoms in total. The van der Waals surface area contributed by atoms with Gasteiger partial charge in [-0.25, -0.2) is 8.42 Å². The predicted octanol–water partition coefficient (Wildman–Crippen LogP) is 3.75. The van der Waals surface area contributed by atoms with Crippen LogP contribution in [0.2, 0.25) is 0 Å². The van der Waals surface area contributed by atoms with Crippen molar-refractivity contribution >= 4 is 43.0 Å². The molecule has 1 N–H and O–H groups in total. The van der Waals surface area contributed by atoms with E-state index >= 15 is 0 Å². The first-order valence-electron chi connectivity index (χ1n) is 6.66. The van der Waals surface area contributed by atoms with Crippen molar-refractivity contribution in [3.63, 3.8) is 0 Å². The van der Waals surface area contributed by atoms with E-state index in [0.29, 0.717) is 18.9 Å². The van der Waals surface area contributed by atoms with E-state index in [1.54, 1.807) is 30.3 Å². The first kappa shape index (κ1) is 15.9. The topological polar surface area (TPSA) is 64.6 Å². The molecule has 22 heavy (non-hydrogen) atoms. The SMILES string of the molecule is O=S(=O)(Nc1cccc(C2OCCCO2)c1)c1ccc(Br)s1. The van der Waals surface area contributed by atoms with E-state index in [-0.39, 0.29) is 4.21 Å². The fraction of sp³-hybridized carbons (Fsp3) is 0.286. The van der Waals surface area contributed by atoms with Gasteiger partial charge < -0.3 is 9.47 Å². The lowest BCUT2D eigenvalue weighted by molar-refractivity contribution is -0.183. The molecule has 1 aliphatic rings. The lowest BCUT2D eigenvalue weighted by Gasteiger charge is -2.23. The molecular formula is C14H14BrNO4S2. The van der Waals surface area contributed by atoms with Crippen LogP contribution in [-0.2, 0) is 19.5 Å². The van der Waals surface area contributed by atoms with Crippen LogP contribution in [-0.4, -0.2) is 21.6 Å². The Balaban J connectivity index is 1.80. The van der Waals surface area contributed by atoms with Gasteiger partial charge in [0, 0.05) is 11.3 Å². The van der Waals surface area contributed by atoms with E-state index in [1.165, 1.54) is 0 Å². The molecule has 0 spiro atoms. The number of hydrogen-bond donors (Lipinski definition) is 1. The Morgan fingerprint density at radius 1 is 1.18 bits per heavy atom. The summed E-state index contributed by atoms with van der Waals surface area (Å²) in [6.45, 7) is 1.29. The highest BCUT2D eigenvalue weighted by Crippen LogP contribution is 2.29. The molecule has 8 heteroatoms. The highest BCUT2D eigenvalue weighted by Gasteiger charge is 2.19. The molecule has 0 radical (unpaired) electrons. The molecule has 1 aromatic carbocycles.